The molecule has 7 heteroatoms. The van der Waals surface area contributed by atoms with Crippen LogP contribution in [-0.2, 0) is 0 Å². The third kappa shape index (κ3) is 3.60. The van der Waals surface area contributed by atoms with Crippen LogP contribution in [0.25, 0.3) is 0 Å². The van der Waals surface area contributed by atoms with E-state index in [9.17, 15) is 18.0 Å². The first-order chi connectivity index (χ1) is 6.79. The molecule has 2 nitrogen and oxygen atoms in total. The van der Waals surface area contributed by atoms with Crippen LogP contribution in [0.4, 0.5) is 13.2 Å². The van der Waals surface area contributed by atoms with Gasteiger partial charge in [0.2, 0.25) is 0 Å². The third-order valence-corrected chi connectivity index (χ3v) is 1.92. The molecule has 1 aromatic carbocycles. The standard InChI is InChI=1S/C8H3Cl2F3O2/c9-6-2-1-4(15-8(11,12)13)3-5(6)7(10)14/h1-3H. The lowest BCUT2D eigenvalue weighted by molar-refractivity contribution is -0.274. The first-order valence-corrected chi connectivity index (χ1v) is 4.30. The van der Waals surface area contributed by atoms with Crippen LogP contribution in [0, 0.1) is 0 Å². The minimum atomic E-state index is -4.82. The van der Waals surface area contributed by atoms with Crippen molar-refractivity contribution in [3.8, 4) is 5.75 Å². The van der Waals surface area contributed by atoms with E-state index in [0.29, 0.717) is 0 Å². The Bertz CT molecular complexity index is 390. The van der Waals surface area contributed by atoms with E-state index in [1.54, 1.807) is 0 Å². The zero-order valence-electron chi connectivity index (χ0n) is 6.94. The Balaban J connectivity index is 3.03. The van der Waals surface area contributed by atoms with E-state index in [1.165, 1.54) is 0 Å². The molecule has 0 radical (unpaired) electrons. The van der Waals surface area contributed by atoms with Gasteiger partial charge in [0.05, 0.1) is 10.6 Å². The van der Waals surface area contributed by atoms with E-state index in [0.717, 1.165) is 18.2 Å². The van der Waals surface area contributed by atoms with Gasteiger partial charge in [-0.3, -0.25) is 4.79 Å². The molecule has 15 heavy (non-hydrogen) atoms. The molecule has 0 aliphatic carbocycles. The average molecular weight is 259 g/mol. The lowest BCUT2D eigenvalue weighted by Crippen LogP contribution is -2.17. The summed E-state index contributed by atoms with van der Waals surface area (Å²) in [6.07, 6.45) is -4.82. The fourth-order valence-corrected chi connectivity index (χ4v) is 1.26. The number of alkyl halides is 3. The highest BCUT2D eigenvalue weighted by Gasteiger charge is 2.31. The summed E-state index contributed by atoms with van der Waals surface area (Å²) in [5, 5.41) is -0.989. The Labute approximate surface area is 92.5 Å². The monoisotopic (exact) mass is 258 g/mol. The van der Waals surface area contributed by atoms with E-state index in [1.807, 2.05) is 0 Å². The Hall–Kier alpha value is -0.940. The van der Waals surface area contributed by atoms with E-state index >= 15 is 0 Å². The number of rotatable bonds is 2. The van der Waals surface area contributed by atoms with Crippen molar-refractivity contribution in [1.82, 2.24) is 0 Å². The van der Waals surface area contributed by atoms with Gasteiger partial charge in [0.25, 0.3) is 5.24 Å². The fraction of sp³-hybridized carbons (Fsp3) is 0.125. The topological polar surface area (TPSA) is 26.3 Å². The third-order valence-electron chi connectivity index (χ3n) is 1.38. The molecule has 1 aromatic rings. The van der Waals surface area contributed by atoms with Gasteiger partial charge in [-0.15, -0.1) is 13.2 Å². The van der Waals surface area contributed by atoms with Crippen molar-refractivity contribution >= 4 is 28.4 Å². The van der Waals surface area contributed by atoms with Crippen LogP contribution in [-0.4, -0.2) is 11.6 Å². The molecule has 1 rings (SSSR count). The van der Waals surface area contributed by atoms with Crippen molar-refractivity contribution in [1.29, 1.82) is 0 Å². The smallest absolute Gasteiger partial charge is 0.406 e. The summed E-state index contributed by atoms with van der Waals surface area (Å²) in [4.78, 5) is 10.7. The largest absolute Gasteiger partial charge is 0.573 e. The predicted molar refractivity (Wildman–Crippen MR) is 48.3 cm³/mol. The summed E-state index contributed by atoms with van der Waals surface area (Å²) >= 11 is 10.6. The molecule has 0 aliphatic rings. The van der Waals surface area contributed by atoms with Gasteiger partial charge in [-0.25, -0.2) is 0 Å². The number of hydrogen-bond donors (Lipinski definition) is 0. The molecule has 0 bridgehead atoms. The van der Waals surface area contributed by atoms with Gasteiger partial charge in [-0.1, -0.05) is 11.6 Å². The summed E-state index contributed by atoms with van der Waals surface area (Å²) in [7, 11) is 0. The van der Waals surface area contributed by atoms with Crippen molar-refractivity contribution in [3.63, 3.8) is 0 Å². The van der Waals surface area contributed by atoms with Gasteiger partial charge in [0, 0.05) is 0 Å². The summed E-state index contributed by atoms with van der Waals surface area (Å²) < 4.78 is 39.0. The first kappa shape index (κ1) is 12.1. The number of carbonyl (C=O) groups excluding carboxylic acids is 1. The van der Waals surface area contributed by atoms with E-state index in [2.05, 4.69) is 4.74 Å². The van der Waals surface area contributed by atoms with Gasteiger partial charge in [0.15, 0.2) is 0 Å². The predicted octanol–water partition coefficient (Wildman–Crippen LogP) is 3.62. The molecule has 0 unspecified atom stereocenters. The van der Waals surface area contributed by atoms with Crippen molar-refractivity contribution in [2.24, 2.45) is 0 Å². The quantitative estimate of drug-likeness (QED) is 0.758. The Kier molecular flexibility index (Phi) is 3.46. The van der Waals surface area contributed by atoms with Crippen molar-refractivity contribution in [2.45, 2.75) is 6.36 Å². The number of hydrogen-bond acceptors (Lipinski definition) is 2. The maximum absolute atomic E-state index is 11.8. The van der Waals surface area contributed by atoms with E-state index in [-0.39, 0.29) is 10.6 Å². The van der Waals surface area contributed by atoms with Crippen LogP contribution in [0.3, 0.4) is 0 Å². The van der Waals surface area contributed by atoms with Crippen LogP contribution in [0.5, 0.6) is 5.75 Å². The zero-order chi connectivity index (χ0) is 11.6. The van der Waals surface area contributed by atoms with Gasteiger partial charge >= 0.3 is 6.36 Å². The van der Waals surface area contributed by atoms with Gasteiger partial charge < -0.3 is 4.74 Å². The molecular formula is C8H3Cl2F3O2. The summed E-state index contributed by atoms with van der Waals surface area (Å²) in [6, 6.07) is 2.91. The summed E-state index contributed by atoms with van der Waals surface area (Å²) in [6.45, 7) is 0. The minimum absolute atomic E-state index is 0.0375. The highest BCUT2D eigenvalue weighted by Crippen LogP contribution is 2.27. The van der Waals surface area contributed by atoms with Gasteiger partial charge in [-0.05, 0) is 29.8 Å². The molecular weight excluding hydrogens is 256 g/mol. The van der Waals surface area contributed by atoms with Crippen LogP contribution in [0.15, 0.2) is 18.2 Å². The molecule has 0 spiro atoms. The molecule has 0 atom stereocenters. The van der Waals surface area contributed by atoms with Crippen molar-refractivity contribution < 1.29 is 22.7 Å². The van der Waals surface area contributed by atoms with Crippen LogP contribution < -0.4 is 4.74 Å². The molecule has 0 saturated carbocycles. The Morgan fingerprint density at radius 2 is 1.93 bits per heavy atom. The molecule has 0 aliphatic heterocycles. The number of carbonyl (C=O) groups is 1. The number of halogens is 5. The highest BCUT2D eigenvalue weighted by molar-refractivity contribution is 6.68. The fourth-order valence-electron chi connectivity index (χ4n) is 0.852. The van der Waals surface area contributed by atoms with Crippen LogP contribution >= 0.6 is 23.2 Å². The normalized spacial score (nSPS) is 11.3. The SMILES string of the molecule is O=C(Cl)c1cc(OC(F)(F)F)ccc1Cl. The zero-order valence-corrected chi connectivity index (χ0v) is 8.45. The molecule has 0 saturated heterocycles. The Morgan fingerprint density at radius 3 is 2.40 bits per heavy atom. The van der Waals surface area contributed by atoms with Gasteiger partial charge in [0.1, 0.15) is 5.75 Å². The molecule has 0 N–H and O–H groups in total. The molecule has 0 amide bonds. The molecule has 82 valence electrons. The highest BCUT2D eigenvalue weighted by atomic mass is 35.5. The summed E-state index contributed by atoms with van der Waals surface area (Å²) in [5.74, 6) is -0.545. The van der Waals surface area contributed by atoms with Gasteiger partial charge in [-0.2, -0.15) is 0 Å². The summed E-state index contributed by atoms with van der Waals surface area (Å²) in [5.41, 5.74) is -0.236. The lowest BCUT2D eigenvalue weighted by Gasteiger charge is -2.09. The minimum Gasteiger partial charge on any atom is -0.406 e. The number of ether oxygens (including phenoxy) is 1. The van der Waals surface area contributed by atoms with Crippen molar-refractivity contribution in [2.75, 3.05) is 0 Å². The second-order valence-electron chi connectivity index (χ2n) is 2.46. The van der Waals surface area contributed by atoms with E-state index in [4.69, 9.17) is 23.2 Å². The molecule has 0 fully saturated rings. The van der Waals surface area contributed by atoms with E-state index < -0.39 is 17.4 Å². The second kappa shape index (κ2) is 4.28. The number of benzene rings is 1. The second-order valence-corrected chi connectivity index (χ2v) is 3.21. The van der Waals surface area contributed by atoms with Crippen LogP contribution in [0.2, 0.25) is 5.02 Å². The molecule has 0 heterocycles. The van der Waals surface area contributed by atoms with Crippen LogP contribution in [0.1, 0.15) is 10.4 Å². The Morgan fingerprint density at radius 1 is 1.33 bits per heavy atom. The lowest BCUT2D eigenvalue weighted by atomic mass is 10.2. The molecule has 0 aromatic heterocycles. The maximum Gasteiger partial charge on any atom is 0.573 e. The van der Waals surface area contributed by atoms with Crippen molar-refractivity contribution in [3.05, 3.63) is 28.8 Å². The first-order valence-electron chi connectivity index (χ1n) is 3.55. The average Bonchev–Trinajstić information content (AvgIpc) is 2.05. The maximum atomic E-state index is 11.8.